The second-order valence-electron chi connectivity index (χ2n) is 3.90. The second-order valence-corrected chi connectivity index (χ2v) is 4.85. The fourth-order valence-corrected chi connectivity index (χ4v) is 2.61. The Balaban J connectivity index is 2.26. The average Bonchev–Trinajstić information content (AvgIpc) is 2.84. The number of carboxylic acid groups (broad SMARTS) is 1. The van der Waals surface area contributed by atoms with E-state index in [9.17, 15) is 4.79 Å². The van der Waals surface area contributed by atoms with Crippen LogP contribution in [0.3, 0.4) is 0 Å². The molecule has 0 saturated heterocycles. The molecule has 1 aromatic heterocycles. The van der Waals surface area contributed by atoms with Crippen molar-refractivity contribution >= 4 is 17.3 Å². The van der Waals surface area contributed by atoms with Gasteiger partial charge in [0, 0.05) is 4.88 Å². The third-order valence-corrected chi connectivity index (χ3v) is 3.74. The van der Waals surface area contributed by atoms with E-state index >= 15 is 0 Å². The molecule has 17 heavy (non-hydrogen) atoms. The molecule has 0 saturated carbocycles. The Labute approximate surface area is 105 Å². The Morgan fingerprint density at radius 3 is 2.47 bits per heavy atom. The number of benzene rings is 1. The summed E-state index contributed by atoms with van der Waals surface area (Å²) >= 11 is 1.69. The lowest BCUT2D eigenvalue weighted by Crippen LogP contribution is -2.10. The lowest BCUT2D eigenvalue weighted by atomic mass is 9.95. The Morgan fingerprint density at radius 1 is 1.29 bits per heavy atom. The first-order valence-electron chi connectivity index (χ1n) is 5.59. The number of thiophene rings is 1. The summed E-state index contributed by atoms with van der Waals surface area (Å²) in [7, 11) is 0. The number of carbonyl (C=O) groups is 1. The van der Waals surface area contributed by atoms with Crippen LogP contribution in [0.5, 0.6) is 0 Å². The van der Waals surface area contributed by atoms with Gasteiger partial charge in [0.05, 0.1) is 5.92 Å². The van der Waals surface area contributed by atoms with Crippen LogP contribution in [0.4, 0.5) is 0 Å². The van der Waals surface area contributed by atoms with Crippen LogP contribution in [0.15, 0.2) is 41.8 Å². The smallest absolute Gasteiger partial charge is 0.310 e. The highest BCUT2D eigenvalue weighted by atomic mass is 32.1. The Kier molecular flexibility index (Phi) is 3.59. The molecule has 0 spiro atoms. The fraction of sp³-hybridized carbons (Fsp3) is 0.214. The van der Waals surface area contributed by atoms with Crippen molar-refractivity contribution in [3.05, 3.63) is 47.3 Å². The van der Waals surface area contributed by atoms with Crippen molar-refractivity contribution in [3.8, 4) is 10.4 Å². The standard InChI is InChI=1S/C14H14O2S/c1-2-12(14(15)16)10-5-7-11(8-6-10)13-4-3-9-17-13/h3-9,12H,2H2,1H3,(H,15,16). The molecule has 0 fully saturated rings. The zero-order valence-corrected chi connectivity index (χ0v) is 10.4. The number of rotatable bonds is 4. The molecule has 2 nitrogen and oxygen atoms in total. The third-order valence-electron chi connectivity index (χ3n) is 2.83. The van der Waals surface area contributed by atoms with E-state index in [2.05, 4.69) is 6.07 Å². The predicted octanol–water partition coefficient (Wildman–Crippen LogP) is 3.99. The van der Waals surface area contributed by atoms with Crippen LogP contribution in [-0.2, 0) is 4.79 Å². The first-order valence-corrected chi connectivity index (χ1v) is 6.47. The molecule has 0 amide bonds. The summed E-state index contributed by atoms with van der Waals surface area (Å²) in [6, 6.07) is 11.9. The van der Waals surface area contributed by atoms with Crippen molar-refractivity contribution < 1.29 is 9.90 Å². The summed E-state index contributed by atoms with van der Waals surface area (Å²) in [6.45, 7) is 1.89. The summed E-state index contributed by atoms with van der Waals surface area (Å²) in [5.41, 5.74) is 2.02. The van der Waals surface area contributed by atoms with E-state index in [0.29, 0.717) is 6.42 Å². The minimum atomic E-state index is -0.753. The molecule has 3 heteroatoms. The molecule has 88 valence electrons. The van der Waals surface area contributed by atoms with Gasteiger partial charge in [0.25, 0.3) is 0 Å². The molecule has 1 heterocycles. The molecule has 0 bridgehead atoms. The minimum Gasteiger partial charge on any atom is -0.481 e. The van der Waals surface area contributed by atoms with Gasteiger partial charge in [-0.15, -0.1) is 11.3 Å². The molecule has 0 aliphatic rings. The molecule has 2 rings (SSSR count). The fourth-order valence-electron chi connectivity index (χ4n) is 1.88. The van der Waals surface area contributed by atoms with E-state index in [0.717, 1.165) is 11.1 Å². The largest absolute Gasteiger partial charge is 0.481 e. The van der Waals surface area contributed by atoms with E-state index in [1.165, 1.54) is 4.88 Å². The third kappa shape index (κ3) is 2.56. The normalized spacial score (nSPS) is 12.3. The van der Waals surface area contributed by atoms with E-state index in [1.807, 2.05) is 42.6 Å². The maximum atomic E-state index is 11.0. The van der Waals surface area contributed by atoms with E-state index in [-0.39, 0.29) is 0 Å². The van der Waals surface area contributed by atoms with Crippen LogP contribution in [0.2, 0.25) is 0 Å². The van der Waals surface area contributed by atoms with Gasteiger partial charge in [0.2, 0.25) is 0 Å². The topological polar surface area (TPSA) is 37.3 Å². The van der Waals surface area contributed by atoms with Gasteiger partial charge < -0.3 is 5.11 Å². The van der Waals surface area contributed by atoms with Gasteiger partial charge >= 0.3 is 5.97 Å². The monoisotopic (exact) mass is 246 g/mol. The zero-order chi connectivity index (χ0) is 12.3. The summed E-state index contributed by atoms with van der Waals surface area (Å²) < 4.78 is 0. The van der Waals surface area contributed by atoms with Crippen molar-refractivity contribution in [2.75, 3.05) is 0 Å². The van der Waals surface area contributed by atoms with Crippen molar-refractivity contribution in [2.24, 2.45) is 0 Å². The highest BCUT2D eigenvalue weighted by molar-refractivity contribution is 7.13. The SMILES string of the molecule is CCC(C(=O)O)c1ccc(-c2cccs2)cc1. The number of carboxylic acids is 1. The molecule has 1 aromatic carbocycles. The highest BCUT2D eigenvalue weighted by Crippen LogP contribution is 2.27. The molecule has 1 N–H and O–H groups in total. The van der Waals surface area contributed by atoms with Crippen molar-refractivity contribution in [1.29, 1.82) is 0 Å². The minimum absolute atomic E-state index is 0.396. The van der Waals surface area contributed by atoms with Crippen molar-refractivity contribution in [1.82, 2.24) is 0 Å². The predicted molar refractivity (Wildman–Crippen MR) is 70.4 cm³/mol. The van der Waals surface area contributed by atoms with Crippen molar-refractivity contribution in [3.63, 3.8) is 0 Å². The molecule has 0 radical (unpaired) electrons. The number of hydrogen-bond donors (Lipinski definition) is 1. The Bertz CT molecular complexity index is 485. The summed E-state index contributed by atoms with van der Waals surface area (Å²) in [4.78, 5) is 12.3. The quantitative estimate of drug-likeness (QED) is 0.885. The van der Waals surface area contributed by atoms with Gasteiger partial charge in [-0.3, -0.25) is 4.79 Å². The van der Waals surface area contributed by atoms with Gasteiger partial charge in [-0.05, 0) is 29.0 Å². The number of aliphatic carboxylic acids is 1. The summed E-state index contributed by atoms with van der Waals surface area (Å²) in [5, 5.41) is 11.1. The maximum absolute atomic E-state index is 11.0. The zero-order valence-electron chi connectivity index (χ0n) is 9.59. The number of hydrogen-bond acceptors (Lipinski definition) is 2. The van der Waals surface area contributed by atoms with E-state index < -0.39 is 11.9 Å². The van der Waals surface area contributed by atoms with Crippen LogP contribution in [0, 0.1) is 0 Å². The van der Waals surface area contributed by atoms with Gasteiger partial charge in [-0.1, -0.05) is 37.3 Å². The molecular formula is C14H14O2S. The van der Waals surface area contributed by atoms with Gasteiger partial charge in [0.1, 0.15) is 0 Å². The molecule has 1 atom stereocenters. The average molecular weight is 246 g/mol. The Morgan fingerprint density at radius 2 is 2.00 bits per heavy atom. The van der Waals surface area contributed by atoms with Crippen LogP contribution in [0.1, 0.15) is 24.8 Å². The summed E-state index contributed by atoms with van der Waals surface area (Å²) in [5.74, 6) is -1.15. The molecule has 0 aliphatic carbocycles. The van der Waals surface area contributed by atoms with Crippen LogP contribution < -0.4 is 0 Å². The second kappa shape index (κ2) is 5.15. The van der Waals surface area contributed by atoms with E-state index in [4.69, 9.17) is 5.11 Å². The lowest BCUT2D eigenvalue weighted by molar-refractivity contribution is -0.138. The van der Waals surface area contributed by atoms with Crippen LogP contribution >= 0.6 is 11.3 Å². The van der Waals surface area contributed by atoms with E-state index in [1.54, 1.807) is 11.3 Å². The van der Waals surface area contributed by atoms with Crippen LogP contribution in [0.25, 0.3) is 10.4 Å². The van der Waals surface area contributed by atoms with Crippen molar-refractivity contribution in [2.45, 2.75) is 19.3 Å². The van der Waals surface area contributed by atoms with Crippen LogP contribution in [-0.4, -0.2) is 11.1 Å². The lowest BCUT2D eigenvalue weighted by Gasteiger charge is -2.10. The van der Waals surface area contributed by atoms with Gasteiger partial charge in [-0.2, -0.15) is 0 Å². The first kappa shape index (κ1) is 11.9. The highest BCUT2D eigenvalue weighted by Gasteiger charge is 2.17. The van der Waals surface area contributed by atoms with Gasteiger partial charge in [-0.25, -0.2) is 0 Å². The molecular weight excluding hydrogens is 232 g/mol. The summed E-state index contributed by atoms with van der Waals surface area (Å²) in [6.07, 6.45) is 0.619. The Hall–Kier alpha value is -1.61. The maximum Gasteiger partial charge on any atom is 0.310 e. The first-order chi connectivity index (χ1) is 8.22. The molecule has 0 aliphatic heterocycles. The van der Waals surface area contributed by atoms with Gasteiger partial charge in [0.15, 0.2) is 0 Å². The molecule has 1 unspecified atom stereocenters. The molecule has 2 aromatic rings.